The Morgan fingerprint density at radius 1 is 0.852 bits per heavy atom. The molecule has 0 saturated heterocycles. The van der Waals surface area contributed by atoms with Gasteiger partial charge < -0.3 is 0 Å². The SMILES string of the molecule is O=c1c2ccccc2nc(/C=C/c2ccc(Cl)cc2)n1Nc1ccccc1. The lowest BCUT2D eigenvalue weighted by Crippen LogP contribution is -2.29. The summed E-state index contributed by atoms with van der Waals surface area (Å²) in [5.74, 6) is 0.512. The van der Waals surface area contributed by atoms with E-state index in [0.717, 1.165) is 11.3 Å². The fourth-order valence-electron chi connectivity index (χ4n) is 2.76. The van der Waals surface area contributed by atoms with Crippen molar-refractivity contribution < 1.29 is 0 Å². The zero-order valence-electron chi connectivity index (χ0n) is 14.3. The lowest BCUT2D eigenvalue weighted by Gasteiger charge is -2.13. The quantitative estimate of drug-likeness (QED) is 0.541. The molecule has 0 aliphatic carbocycles. The molecule has 4 nitrogen and oxygen atoms in total. The van der Waals surface area contributed by atoms with Gasteiger partial charge in [-0.3, -0.25) is 10.2 Å². The molecule has 132 valence electrons. The maximum Gasteiger partial charge on any atom is 0.280 e. The largest absolute Gasteiger partial charge is 0.290 e. The Morgan fingerprint density at radius 2 is 1.56 bits per heavy atom. The van der Waals surface area contributed by atoms with Gasteiger partial charge in [0, 0.05) is 5.02 Å². The van der Waals surface area contributed by atoms with Crippen LogP contribution in [0.3, 0.4) is 0 Å². The molecule has 4 aromatic rings. The normalized spacial score (nSPS) is 11.1. The number of hydrogen-bond donors (Lipinski definition) is 1. The zero-order chi connectivity index (χ0) is 18.6. The Hall–Kier alpha value is -3.37. The van der Waals surface area contributed by atoms with E-state index in [0.29, 0.717) is 21.7 Å². The second-order valence-corrected chi connectivity index (χ2v) is 6.43. The van der Waals surface area contributed by atoms with Gasteiger partial charge in [-0.2, -0.15) is 0 Å². The molecule has 0 radical (unpaired) electrons. The van der Waals surface area contributed by atoms with Crippen LogP contribution in [-0.2, 0) is 0 Å². The average Bonchev–Trinajstić information content (AvgIpc) is 2.71. The maximum atomic E-state index is 13.0. The number of aromatic nitrogens is 2. The van der Waals surface area contributed by atoms with Gasteiger partial charge in [-0.25, -0.2) is 9.66 Å². The molecule has 0 atom stereocenters. The highest BCUT2D eigenvalue weighted by Crippen LogP contribution is 2.14. The van der Waals surface area contributed by atoms with Gasteiger partial charge in [0.1, 0.15) is 0 Å². The van der Waals surface area contributed by atoms with Crippen molar-refractivity contribution >= 4 is 40.3 Å². The van der Waals surface area contributed by atoms with Crippen molar-refractivity contribution in [1.29, 1.82) is 0 Å². The highest BCUT2D eigenvalue weighted by Gasteiger charge is 2.09. The smallest absolute Gasteiger partial charge is 0.280 e. The molecule has 0 spiro atoms. The second kappa shape index (κ2) is 7.48. The summed E-state index contributed by atoms with van der Waals surface area (Å²) in [7, 11) is 0. The summed E-state index contributed by atoms with van der Waals surface area (Å²) in [6, 6.07) is 24.3. The van der Waals surface area contributed by atoms with Crippen LogP contribution in [0.15, 0.2) is 83.7 Å². The van der Waals surface area contributed by atoms with Crippen molar-refractivity contribution in [2.75, 3.05) is 5.43 Å². The van der Waals surface area contributed by atoms with Crippen LogP contribution in [0.5, 0.6) is 0 Å². The van der Waals surface area contributed by atoms with Gasteiger partial charge in [-0.05, 0) is 48.0 Å². The standard InChI is InChI=1S/C22H16ClN3O/c23-17-13-10-16(11-14-17)12-15-21-24-20-9-5-4-8-19(20)22(27)26(21)25-18-6-2-1-3-7-18/h1-15,25H/b15-12+. The van der Waals surface area contributed by atoms with Crippen LogP contribution >= 0.6 is 11.6 Å². The van der Waals surface area contributed by atoms with Crippen LogP contribution in [0.1, 0.15) is 11.4 Å². The minimum atomic E-state index is -0.153. The molecule has 0 aliphatic rings. The minimum absolute atomic E-state index is 0.153. The Morgan fingerprint density at radius 3 is 2.33 bits per heavy atom. The molecule has 27 heavy (non-hydrogen) atoms. The molecule has 1 N–H and O–H groups in total. The molecule has 0 aliphatic heterocycles. The van der Waals surface area contributed by atoms with E-state index in [-0.39, 0.29) is 5.56 Å². The third kappa shape index (κ3) is 3.76. The molecule has 0 unspecified atom stereocenters. The first-order valence-electron chi connectivity index (χ1n) is 8.48. The second-order valence-electron chi connectivity index (χ2n) is 5.99. The molecule has 0 saturated carbocycles. The molecule has 0 bridgehead atoms. The van der Waals surface area contributed by atoms with E-state index in [9.17, 15) is 4.79 Å². The zero-order valence-corrected chi connectivity index (χ0v) is 15.1. The number of nitrogens with one attached hydrogen (secondary N) is 1. The third-order valence-corrected chi connectivity index (χ3v) is 4.36. The molecule has 0 amide bonds. The first kappa shape index (κ1) is 17.1. The van der Waals surface area contributed by atoms with Crippen LogP contribution in [0, 0.1) is 0 Å². The Kier molecular flexibility index (Phi) is 4.73. The Labute approximate surface area is 161 Å². The molecule has 4 rings (SSSR count). The molecule has 1 aromatic heterocycles. The van der Waals surface area contributed by atoms with E-state index < -0.39 is 0 Å². The summed E-state index contributed by atoms with van der Waals surface area (Å²) in [4.78, 5) is 17.7. The van der Waals surface area contributed by atoms with Crippen molar-refractivity contribution in [2.24, 2.45) is 0 Å². The number of halogens is 1. The minimum Gasteiger partial charge on any atom is -0.290 e. The first-order chi connectivity index (χ1) is 13.2. The predicted octanol–water partition coefficient (Wildman–Crippen LogP) is 5.10. The summed E-state index contributed by atoms with van der Waals surface area (Å²) in [6.07, 6.45) is 3.71. The number of fused-ring (bicyclic) bond motifs is 1. The maximum absolute atomic E-state index is 13.0. The highest BCUT2D eigenvalue weighted by atomic mass is 35.5. The number of nitrogens with zero attached hydrogens (tertiary/aromatic N) is 2. The van der Waals surface area contributed by atoms with E-state index in [1.54, 1.807) is 6.07 Å². The van der Waals surface area contributed by atoms with Crippen LogP contribution in [0.25, 0.3) is 23.1 Å². The summed E-state index contributed by atoms with van der Waals surface area (Å²) in [6.45, 7) is 0. The Balaban J connectivity index is 1.83. The van der Waals surface area contributed by atoms with Crippen molar-refractivity contribution in [3.63, 3.8) is 0 Å². The van der Waals surface area contributed by atoms with Crippen molar-refractivity contribution in [2.45, 2.75) is 0 Å². The van der Waals surface area contributed by atoms with Crippen molar-refractivity contribution in [3.8, 4) is 0 Å². The van der Waals surface area contributed by atoms with Gasteiger partial charge >= 0.3 is 0 Å². The third-order valence-electron chi connectivity index (χ3n) is 4.11. The number of para-hydroxylation sites is 2. The molecule has 3 aromatic carbocycles. The summed E-state index contributed by atoms with van der Waals surface area (Å²) >= 11 is 5.94. The number of hydrogen-bond acceptors (Lipinski definition) is 3. The van der Waals surface area contributed by atoms with Crippen LogP contribution in [0.4, 0.5) is 5.69 Å². The lowest BCUT2D eigenvalue weighted by molar-refractivity contribution is 0.864. The number of benzene rings is 3. The van der Waals surface area contributed by atoms with E-state index in [4.69, 9.17) is 11.6 Å². The summed E-state index contributed by atoms with van der Waals surface area (Å²) in [5.41, 5.74) is 5.42. The van der Waals surface area contributed by atoms with Gasteiger partial charge in [0.2, 0.25) is 0 Å². The van der Waals surface area contributed by atoms with Crippen LogP contribution in [-0.4, -0.2) is 9.66 Å². The van der Waals surface area contributed by atoms with Gasteiger partial charge in [-0.15, -0.1) is 0 Å². The monoisotopic (exact) mass is 373 g/mol. The summed E-state index contributed by atoms with van der Waals surface area (Å²) in [5, 5.41) is 1.24. The highest BCUT2D eigenvalue weighted by molar-refractivity contribution is 6.30. The van der Waals surface area contributed by atoms with Gasteiger partial charge in [0.05, 0.1) is 16.6 Å². The molecule has 5 heteroatoms. The van der Waals surface area contributed by atoms with Crippen molar-refractivity contribution in [3.05, 3.63) is 106 Å². The van der Waals surface area contributed by atoms with E-state index in [2.05, 4.69) is 10.4 Å². The fraction of sp³-hybridized carbons (Fsp3) is 0. The van der Waals surface area contributed by atoms with Gasteiger partial charge in [0.25, 0.3) is 5.56 Å². The predicted molar refractivity (Wildman–Crippen MR) is 112 cm³/mol. The molecular weight excluding hydrogens is 358 g/mol. The number of rotatable bonds is 4. The summed E-state index contributed by atoms with van der Waals surface area (Å²) < 4.78 is 1.46. The number of anilines is 1. The molecular formula is C22H16ClN3O. The first-order valence-corrected chi connectivity index (χ1v) is 8.86. The van der Waals surface area contributed by atoms with Gasteiger partial charge in [-0.1, -0.05) is 60.1 Å². The fourth-order valence-corrected chi connectivity index (χ4v) is 2.88. The van der Waals surface area contributed by atoms with E-state index >= 15 is 0 Å². The van der Waals surface area contributed by atoms with Crippen molar-refractivity contribution in [1.82, 2.24) is 9.66 Å². The van der Waals surface area contributed by atoms with Crippen LogP contribution < -0.4 is 11.0 Å². The van der Waals surface area contributed by atoms with Crippen LogP contribution in [0.2, 0.25) is 5.02 Å². The molecule has 1 heterocycles. The topological polar surface area (TPSA) is 46.9 Å². The Bertz CT molecular complexity index is 1170. The van der Waals surface area contributed by atoms with Gasteiger partial charge in [0.15, 0.2) is 5.82 Å². The average molecular weight is 374 g/mol. The lowest BCUT2D eigenvalue weighted by atomic mass is 10.2. The van der Waals surface area contributed by atoms with E-state index in [1.165, 1.54) is 4.68 Å². The van der Waals surface area contributed by atoms with E-state index in [1.807, 2.05) is 84.9 Å². The molecule has 0 fully saturated rings.